The second-order valence-corrected chi connectivity index (χ2v) is 7.99. The van der Waals surface area contributed by atoms with Crippen molar-refractivity contribution in [3.8, 4) is 0 Å². The lowest BCUT2D eigenvalue weighted by Gasteiger charge is -2.34. The molecule has 0 atom stereocenters. The molecule has 3 aromatic rings. The van der Waals surface area contributed by atoms with Gasteiger partial charge in [-0.05, 0) is 31.2 Å². The number of halogens is 1. The molecule has 0 N–H and O–H groups in total. The van der Waals surface area contributed by atoms with E-state index < -0.39 is 0 Å². The second-order valence-electron chi connectivity index (χ2n) is 7.08. The Hall–Kier alpha value is -2.05. The van der Waals surface area contributed by atoms with Crippen LogP contribution in [0.15, 0.2) is 45.3 Å². The van der Waals surface area contributed by atoms with Crippen molar-refractivity contribution in [1.29, 1.82) is 0 Å². The zero-order chi connectivity index (χ0) is 19.0. The molecule has 1 fully saturated rings. The zero-order valence-corrected chi connectivity index (χ0v) is 17.3. The van der Waals surface area contributed by atoms with Crippen LogP contribution in [-0.4, -0.2) is 53.0 Å². The first-order chi connectivity index (χ1) is 13.0. The minimum atomic E-state index is 0.0897. The Bertz CT molecular complexity index is 950. The van der Waals surface area contributed by atoms with Crippen molar-refractivity contribution in [2.24, 2.45) is 0 Å². The molecule has 0 saturated carbocycles. The van der Waals surface area contributed by atoms with Crippen LogP contribution in [0, 0.1) is 6.92 Å². The highest BCUT2D eigenvalue weighted by Crippen LogP contribution is 2.26. The summed E-state index contributed by atoms with van der Waals surface area (Å²) in [5.74, 6) is 0.951. The van der Waals surface area contributed by atoms with E-state index in [0.29, 0.717) is 12.2 Å². The van der Waals surface area contributed by atoms with Crippen LogP contribution in [0.2, 0.25) is 0 Å². The molecule has 5 nitrogen and oxygen atoms in total. The average molecular weight is 430 g/mol. The van der Waals surface area contributed by atoms with Crippen molar-refractivity contribution in [3.05, 3.63) is 57.9 Å². The van der Waals surface area contributed by atoms with Crippen molar-refractivity contribution >= 4 is 32.9 Å². The first-order valence-corrected chi connectivity index (χ1v) is 10.2. The highest BCUT2D eigenvalue weighted by molar-refractivity contribution is 9.10. The Morgan fingerprint density at radius 1 is 1.11 bits per heavy atom. The van der Waals surface area contributed by atoms with Crippen LogP contribution in [0.4, 0.5) is 0 Å². The number of furan rings is 1. The largest absolute Gasteiger partial charge is 0.460 e. The predicted octanol–water partition coefficient (Wildman–Crippen LogP) is 4.13. The monoisotopic (exact) mass is 429 g/mol. The quantitative estimate of drug-likeness (QED) is 0.625. The van der Waals surface area contributed by atoms with Gasteiger partial charge in [0.25, 0.3) is 5.91 Å². The van der Waals surface area contributed by atoms with Gasteiger partial charge < -0.3 is 18.8 Å². The summed E-state index contributed by atoms with van der Waals surface area (Å²) in [6.45, 7) is 9.20. The molecule has 3 heterocycles. The molecular formula is C21H24BrN3O2. The van der Waals surface area contributed by atoms with Gasteiger partial charge in [-0.2, -0.15) is 0 Å². The fourth-order valence-corrected chi connectivity index (χ4v) is 3.98. The van der Waals surface area contributed by atoms with Crippen LogP contribution in [0.5, 0.6) is 0 Å². The standard InChI is InChI=1S/C21H24BrN3O2/c1-3-23-8-10-24(11-9-23)21(26)19-13-20-18(12-15(2)27-20)25(19)14-16-4-6-17(22)7-5-16/h4-7,12-13H,3,8-11,14H2,1-2H3. The third-order valence-corrected chi connectivity index (χ3v) is 5.82. The zero-order valence-electron chi connectivity index (χ0n) is 15.7. The maximum atomic E-state index is 13.2. The molecule has 2 aromatic heterocycles. The van der Waals surface area contributed by atoms with Gasteiger partial charge in [0.2, 0.25) is 0 Å². The van der Waals surface area contributed by atoms with E-state index in [4.69, 9.17) is 4.42 Å². The smallest absolute Gasteiger partial charge is 0.270 e. The van der Waals surface area contributed by atoms with Gasteiger partial charge in [-0.25, -0.2) is 0 Å². The Kier molecular flexibility index (Phi) is 5.10. The molecule has 0 radical (unpaired) electrons. The minimum Gasteiger partial charge on any atom is -0.460 e. The van der Waals surface area contributed by atoms with Crippen molar-refractivity contribution in [1.82, 2.24) is 14.4 Å². The Balaban J connectivity index is 1.66. The predicted molar refractivity (Wildman–Crippen MR) is 110 cm³/mol. The lowest BCUT2D eigenvalue weighted by Crippen LogP contribution is -2.48. The number of likely N-dealkylation sites (N-methyl/N-ethyl adjacent to an activating group) is 1. The van der Waals surface area contributed by atoms with Crippen LogP contribution >= 0.6 is 15.9 Å². The number of aromatic nitrogens is 1. The summed E-state index contributed by atoms with van der Waals surface area (Å²) in [6.07, 6.45) is 0. The molecule has 27 heavy (non-hydrogen) atoms. The number of nitrogens with zero attached hydrogens (tertiary/aromatic N) is 3. The number of carbonyl (C=O) groups is 1. The van der Waals surface area contributed by atoms with Crippen LogP contribution in [0.1, 0.15) is 28.7 Å². The number of amides is 1. The number of rotatable bonds is 4. The molecule has 4 rings (SSSR count). The molecule has 0 bridgehead atoms. The summed E-state index contributed by atoms with van der Waals surface area (Å²) in [6, 6.07) is 12.1. The number of hydrogen-bond donors (Lipinski definition) is 0. The third-order valence-electron chi connectivity index (χ3n) is 5.29. The lowest BCUT2D eigenvalue weighted by atomic mass is 10.2. The first-order valence-electron chi connectivity index (χ1n) is 9.41. The molecule has 1 aromatic carbocycles. The minimum absolute atomic E-state index is 0.0897. The average Bonchev–Trinajstić information content (AvgIpc) is 3.20. The maximum absolute atomic E-state index is 13.2. The third kappa shape index (κ3) is 3.69. The molecule has 1 aliphatic heterocycles. The fourth-order valence-electron chi connectivity index (χ4n) is 3.71. The Morgan fingerprint density at radius 2 is 1.81 bits per heavy atom. The van der Waals surface area contributed by atoms with E-state index >= 15 is 0 Å². The first kappa shape index (κ1) is 18.3. The number of fused-ring (bicyclic) bond motifs is 1. The summed E-state index contributed by atoms with van der Waals surface area (Å²) in [7, 11) is 0. The van der Waals surface area contributed by atoms with Gasteiger partial charge in [-0.3, -0.25) is 4.79 Å². The number of benzene rings is 1. The lowest BCUT2D eigenvalue weighted by molar-refractivity contribution is 0.0633. The van der Waals surface area contributed by atoms with E-state index in [1.165, 1.54) is 0 Å². The van der Waals surface area contributed by atoms with Gasteiger partial charge in [0.1, 0.15) is 11.5 Å². The van der Waals surface area contributed by atoms with Gasteiger partial charge >= 0.3 is 0 Å². The van der Waals surface area contributed by atoms with Crippen LogP contribution in [0.25, 0.3) is 11.1 Å². The van der Waals surface area contributed by atoms with Crippen LogP contribution in [0.3, 0.4) is 0 Å². The normalized spacial score (nSPS) is 15.6. The van der Waals surface area contributed by atoms with Crippen molar-refractivity contribution < 1.29 is 9.21 Å². The number of aryl methyl sites for hydroxylation is 1. The topological polar surface area (TPSA) is 41.6 Å². The second kappa shape index (κ2) is 7.52. The molecule has 142 valence electrons. The maximum Gasteiger partial charge on any atom is 0.270 e. The van der Waals surface area contributed by atoms with Crippen molar-refractivity contribution in [3.63, 3.8) is 0 Å². The molecule has 0 aliphatic carbocycles. The summed E-state index contributed by atoms with van der Waals surface area (Å²) in [5.41, 5.74) is 3.61. The Labute approximate surface area is 167 Å². The highest BCUT2D eigenvalue weighted by atomic mass is 79.9. The number of piperazine rings is 1. The fraction of sp³-hybridized carbons (Fsp3) is 0.381. The van der Waals surface area contributed by atoms with Gasteiger partial charge in [-0.1, -0.05) is 35.0 Å². The summed E-state index contributed by atoms with van der Waals surface area (Å²) < 4.78 is 8.95. The van der Waals surface area contributed by atoms with Gasteiger partial charge in [-0.15, -0.1) is 0 Å². The molecular weight excluding hydrogens is 406 g/mol. The van der Waals surface area contributed by atoms with E-state index in [1.54, 1.807) is 0 Å². The molecule has 0 spiro atoms. The van der Waals surface area contributed by atoms with Gasteiger partial charge in [0.05, 0.1) is 5.52 Å². The van der Waals surface area contributed by atoms with E-state index in [9.17, 15) is 4.79 Å². The van der Waals surface area contributed by atoms with Crippen LogP contribution in [-0.2, 0) is 6.54 Å². The van der Waals surface area contributed by atoms with E-state index in [0.717, 1.165) is 59.6 Å². The van der Waals surface area contributed by atoms with Crippen LogP contribution < -0.4 is 0 Å². The van der Waals surface area contributed by atoms with E-state index in [2.05, 4.69) is 44.5 Å². The van der Waals surface area contributed by atoms with Crippen molar-refractivity contribution in [2.45, 2.75) is 20.4 Å². The summed E-state index contributed by atoms with van der Waals surface area (Å²) in [4.78, 5) is 17.6. The van der Waals surface area contributed by atoms with E-state index in [1.807, 2.05) is 36.1 Å². The van der Waals surface area contributed by atoms with Gasteiger partial charge in [0.15, 0.2) is 5.58 Å². The highest BCUT2D eigenvalue weighted by Gasteiger charge is 2.26. The summed E-state index contributed by atoms with van der Waals surface area (Å²) in [5, 5.41) is 0. The SMILES string of the molecule is CCN1CCN(C(=O)c2cc3oc(C)cc3n2Cc2ccc(Br)cc2)CC1. The van der Waals surface area contributed by atoms with E-state index in [-0.39, 0.29) is 5.91 Å². The molecule has 1 aliphatic rings. The summed E-state index contributed by atoms with van der Waals surface area (Å²) >= 11 is 3.48. The number of carbonyl (C=O) groups excluding carboxylic acids is 1. The van der Waals surface area contributed by atoms with Gasteiger partial charge in [0, 0.05) is 49.3 Å². The Morgan fingerprint density at radius 3 is 2.48 bits per heavy atom. The van der Waals surface area contributed by atoms with Crippen molar-refractivity contribution in [2.75, 3.05) is 32.7 Å². The molecule has 1 amide bonds. The number of hydrogen-bond acceptors (Lipinski definition) is 3. The molecule has 1 saturated heterocycles. The molecule has 0 unspecified atom stereocenters. The molecule has 6 heteroatoms.